The van der Waals surface area contributed by atoms with Crippen molar-refractivity contribution in [3.63, 3.8) is 0 Å². The Bertz CT molecular complexity index is 521. The van der Waals surface area contributed by atoms with Gasteiger partial charge in [0.1, 0.15) is 0 Å². The third kappa shape index (κ3) is 4.21. The van der Waals surface area contributed by atoms with Crippen molar-refractivity contribution in [2.45, 2.75) is 25.7 Å². The number of nitrogens with zero attached hydrogens (tertiary/aromatic N) is 2. The summed E-state index contributed by atoms with van der Waals surface area (Å²) in [5.41, 5.74) is 9.96. The van der Waals surface area contributed by atoms with E-state index in [-0.39, 0.29) is 0 Å². The zero-order valence-electron chi connectivity index (χ0n) is 13.2. The van der Waals surface area contributed by atoms with Crippen LogP contribution >= 0.6 is 0 Å². The molecule has 22 heavy (non-hydrogen) atoms. The first-order valence-corrected chi connectivity index (χ1v) is 8.30. The van der Waals surface area contributed by atoms with Gasteiger partial charge in [0.2, 0.25) is 0 Å². The molecule has 2 aliphatic rings. The predicted molar refractivity (Wildman–Crippen MR) is 90.5 cm³/mol. The molecule has 1 aliphatic carbocycles. The summed E-state index contributed by atoms with van der Waals surface area (Å²) in [5, 5.41) is 3.21. The molecule has 1 heterocycles. The second kappa shape index (κ2) is 7.61. The molecule has 3 N–H and O–H groups in total. The Balaban J connectivity index is 1.47. The molecular weight excluding hydrogens is 276 g/mol. The zero-order valence-corrected chi connectivity index (χ0v) is 13.2. The zero-order chi connectivity index (χ0) is 15.2. The summed E-state index contributed by atoms with van der Waals surface area (Å²) in [4.78, 5) is 6.83. The molecule has 1 saturated heterocycles. The lowest BCUT2D eigenvalue weighted by molar-refractivity contribution is 0.142. The molecule has 0 radical (unpaired) electrons. The van der Waals surface area contributed by atoms with Gasteiger partial charge in [-0.25, -0.2) is 0 Å². The summed E-state index contributed by atoms with van der Waals surface area (Å²) in [6.45, 7) is 5.45. The Morgan fingerprint density at radius 3 is 3.05 bits per heavy atom. The summed E-state index contributed by atoms with van der Waals surface area (Å²) in [7, 11) is 0. The van der Waals surface area contributed by atoms with Gasteiger partial charge in [0.05, 0.1) is 13.2 Å². The number of aliphatic imine (C=N–C) groups is 1. The van der Waals surface area contributed by atoms with Crippen LogP contribution < -0.4 is 11.1 Å². The number of fused-ring (bicyclic) bond motifs is 1. The van der Waals surface area contributed by atoms with Gasteiger partial charge in [-0.1, -0.05) is 6.07 Å². The summed E-state index contributed by atoms with van der Waals surface area (Å²) >= 11 is 0. The highest BCUT2D eigenvalue weighted by Crippen LogP contribution is 2.24. The van der Waals surface area contributed by atoms with Crippen molar-refractivity contribution in [1.82, 2.24) is 4.90 Å². The van der Waals surface area contributed by atoms with Crippen molar-refractivity contribution >= 4 is 11.6 Å². The molecule has 1 aliphatic heterocycles. The molecule has 3 rings (SSSR count). The van der Waals surface area contributed by atoms with Crippen molar-refractivity contribution < 1.29 is 4.74 Å². The van der Waals surface area contributed by atoms with Crippen LogP contribution in [0, 0.1) is 0 Å². The minimum atomic E-state index is 0.504. The normalized spacial score (nSPS) is 19.7. The molecule has 120 valence electrons. The number of guanidine groups is 1. The largest absolute Gasteiger partial charge is 0.380 e. The maximum atomic E-state index is 5.99. The minimum absolute atomic E-state index is 0.504. The Morgan fingerprint density at radius 2 is 2.09 bits per heavy atom. The van der Waals surface area contributed by atoms with Crippen molar-refractivity contribution in [2.24, 2.45) is 10.7 Å². The van der Waals surface area contributed by atoms with Gasteiger partial charge in [-0.15, -0.1) is 0 Å². The van der Waals surface area contributed by atoms with Crippen LogP contribution in [0.15, 0.2) is 23.2 Å². The van der Waals surface area contributed by atoms with Gasteiger partial charge in [0, 0.05) is 31.9 Å². The molecule has 0 bridgehead atoms. The summed E-state index contributed by atoms with van der Waals surface area (Å²) in [5.74, 6) is 0.504. The number of aryl methyl sites for hydroxylation is 2. The first-order chi connectivity index (χ1) is 10.8. The lowest BCUT2D eigenvalue weighted by atomic mass is 10.1. The summed E-state index contributed by atoms with van der Waals surface area (Å²) in [6.07, 6.45) is 4.76. The lowest BCUT2D eigenvalue weighted by Gasteiger charge is -2.17. The van der Waals surface area contributed by atoms with E-state index >= 15 is 0 Å². The van der Waals surface area contributed by atoms with Crippen molar-refractivity contribution in [3.05, 3.63) is 29.3 Å². The third-order valence-corrected chi connectivity index (χ3v) is 4.38. The molecule has 0 amide bonds. The Kier molecular flexibility index (Phi) is 5.29. The maximum absolute atomic E-state index is 5.99. The van der Waals surface area contributed by atoms with E-state index < -0.39 is 0 Å². The second-order valence-corrected chi connectivity index (χ2v) is 6.04. The van der Waals surface area contributed by atoms with Gasteiger partial charge in [-0.3, -0.25) is 9.89 Å². The number of hydrogen-bond acceptors (Lipinski definition) is 3. The Morgan fingerprint density at radius 1 is 1.18 bits per heavy atom. The maximum Gasteiger partial charge on any atom is 0.193 e. The van der Waals surface area contributed by atoms with Crippen molar-refractivity contribution in [3.8, 4) is 0 Å². The lowest BCUT2D eigenvalue weighted by Crippen LogP contribution is -2.30. The SMILES string of the molecule is NC(=NCCN1CCCOCC1)Nc1ccc2c(c1)CCC2. The van der Waals surface area contributed by atoms with Crippen LogP contribution in [-0.4, -0.2) is 50.3 Å². The molecule has 5 nitrogen and oxygen atoms in total. The van der Waals surface area contributed by atoms with Gasteiger partial charge in [-0.05, 0) is 48.9 Å². The number of nitrogens with two attached hydrogens (primary N) is 1. The molecule has 0 aromatic heterocycles. The number of rotatable bonds is 4. The van der Waals surface area contributed by atoms with E-state index in [0.717, 1.165) is 51.5 Å². The molecule has 1 aromatic rings. The highest BCUT2D eigenvalue weighted by molar-refractivity contribution is 5.92. The van der Waals surface area contributed by atoms with Crippen LogP contribution in [0.25, 0.3) is 0 Å². The van der Waals surface area contributed by atoms with Gasteiger partial charge in [0.15, 0.2) is 5.96 Å². The molecule has 0 unspecified atom stereocenters. The topological polar surface area (TPSA) is 62.9 Å². The molecule has 0 atom stereocenters. The van der Waals surface area contributed by atoms with Crippen LogP contribution in [0.5, 0.6) is 0 Å². The third-order valence-electron chi connectivity index (χ3n) is 4.38. The van der Waals surface area contributed by atoms with Crippen LogP contribution in [0.3, 0.4) is 0 Å². The van der Waals surface area contributed by atoms with Crippen molar-refractivity contribution in [2.75, 3.05) is 44.7 Å². The molecule has 0 saturated carbocycles. The number of hydrogen-bond donors (Lipinski definition) is 2. The highest BCUT2D eigenvalue weighted by atomic mass is 16.5. The summed E-state index contributed by atoms with van der Waals surface area (Å²) in [6, 6.07) is 6.50. The first kappa shape index (κ1) is 15.3. The Hall–Kier alpha value is -1.59. The Labute approximate surface area is 132 Å². The summed E-state index contributed by atoms with van der Waals surface area (Å²) < 4.78 is 5.45. The van der Waals surface area contributed by atoms with E-state index in [9.17, 15) is 0 Å². The fourth-order valence-electron chi connectivity index (χ4n) is 3.17. The van der Waals surface area contributed by atoms with Crippen LogP contribution in [-0.2, 0) is 17.6 Å². The minimum Gasteiger partial charge on any atom is -0.380 e. The quantitative estimate of drug-likeness (QED) is 0.655. The molecule has 1 fully saturated rings. The average Bonchev–Trinajstić information content (AvgIpc) is 2.82. The fourth-order valence-corrected chi connectivity index (χ4v) is 3.17. The molecule has 0 spiro atoms. The van der Waals surface area contributed by atoms with E-state index in [1.54, 1.807) is 0 Å². The van der Waals surface area contributed by atoms with Gasteiger partial charge < -0.3 is 15.8 Å². The number of ether oxygens (including phenoxy) is 1. The standard InChI is InChI=1S/C17H26N4O/c18-17(19-7-9-21-8-2-11-22-12-10-21)20-16-6-5-14-3-1-4-15(14)13-16/h5-6,13H,1-4,7-12H2,(H3,18,19,20). The molecular formula is C17H26N4O. The number of nitrogens with one attached hydrogen (secondary N) is 1. The first-order valence-electron chi connectivity index (χ1n) is 8.30. The highest BCUT2D eigenvalue weighted by Gasteiger charge is 2.11. The van der Waals surface area contributed by atoms with Crippen LogP contribution in [0.1, 0.15) is 24.0 Å². The van der Waals surface area contributed by atoms with Crippen molar-refractivity contribution in [1.29, 1.82) is 0 Å². The molecule has 1 aromatic carbocycles. The van der Waals surface area contributed by atoms with E-state index in [4.69, 9.17) is 10.5 Å². The number of benzene rings is 1. The average molecular weight is 302 g/mol. The van der Waals surface area contributed by atoms with E-state index in [0.29, 0.717) is 5.96 Å². The van der Waals surface area contributed by atoms with Crippen LogP contribution in [0.2, 0.25) is 0 Å². The van der Waals surface area contributed by atoms with E-state index in [1.807, 2.05) is 0 Å². The van der Waals surface area contributed by atoms with E-state index in [2.05, 4.69) is 33.4 Å². The van der Waals surface area contributed by atoms with E-state index in [1.165, 1.54) is 30.4 Å². The van der Waals surface area contributed by atoms with Gasteiger partial charge in [0.25, 0.3) is 0 Å². The van der Waals surface area contributed by atoms with Gasteiger partial charge in [-0.2, -0.15) is 0 Å². The van der Waals surface area contributed by atoms with Gasteiger partial charge >= 0.3 is 0 Å². The number of anilines is 1. The monoisotopic (exact) mass is 302 g/mol. The smallest absolute Gasteiger partial charge is 0.193 e. The fraction of sp³-hybridized carbons (Fsp3) is 0.588. The van der Waals surface area contributed by atoms with Crippen LogP contribution in [0.4, 0.5) is 5.69 Å². The second-order valence-electron chi connectivity index (χ2n) is 6.04. The molecule has 5 heteroatoms. The predicted octanol–water partition coefficient (Wildman–Crippen LogP) is 1.62.